The van der Waals surface area contributed by atoms with Gasteiger partial charge < -0.3 is 15.4 Å². The van der Waals surface area contributed by atoms with Crippen LogP contribution in [-0.4, -0.2) is 35.9 Å². The molecule has 2 unspecified atom stereocenters. The molecule has 1 heterocycles. The lowest BCUT2D eigenvalue weighted by Gasteiger charge is -2.27. The second-order valence-electron chi connectivity index (χ2n) is 7.22. The Morgan fingerprint density at radius 3 is 2.47 bits per heavy atom. The first kappa shape index (κ1) is 21.6. The number of imide groups is 1. The summed E-state index contributed by atoms with van der Waals surface area (Å²) in [4.78, 5) is 39.8. The van der Waals surface area contributed by atoms with Crippen molar-refractivity contribution in [1.82, 2.24) is 10.2 Å². The van der Waals surface area contributed by atoms with Crippen LogP contribution in [-0.2, 0) is 15.1 Å². The van der Waals surface area contributed by atoms with Gasteiger partial charge in [-0.2, -0.15) is 0 Å². The highest BCUT2D eigenvalue weighted by atomic mass is 35.5. The Morgan fingerprint density at radius 2 is 1.90 bits per heavy atom. The van der Waals surface area contributed by atoms with E-state index in [0.717, 1.165) is 10.5 Å². The predicted octanol–water partition coefficient (Wildman–Crippen LogP) is 3.84. The lowest BCUT2D eigenvalue weighted by molar-refractivity contribution is -0.136. The molecule has 1 saturated heterocycles. The molecule has 4 amide bonds. The predicted molar refractivity (Wildman–Crippen MR) is 115 cm³/mol. The van der Waals surface area contributed by atoms with Crippen LogP contribution in [0.5, 0.6) is 5.75 Å². The monoisotopic (exact) mass is 429 g/mol. The van der Waals surface area contributed by atoms with Gasteiger partial charge in [-0.15, -0.1) is 0 Å². The van der Waals surface area contributed by atoms with Gasteiger partial charge in [0.25, 0.3) is 5.91 Å². The lowest BCUT2D eigenvalue weighted by Crippen LogP contribution is -2.48. The van der Waals surface area contributed by atoms with Gasteiger partial charge in [-0.3, -0.25) is 9.59 Å². The van der Waals surface area contributed by atoms with E-state index in [1.165, 1.54) is 6.92 Å². The number of benzene rings is 2. The molecular formula is C22H24ClN3O4. The van der Waals surface area contributed by atoms with E-state index in [-0.39, 0.29) is 0 Å². The fourth-order valence-electron chi connectivity index (χ4n) is 3.63. The van der Waals surface area contributed by atoms with Gasteiger partial charge in [0.15, 0.2) is 0 Å². The number of methoxy groups -OCH3 is 1. The molecule has 2 aromatic rings. The number of hydrogen-bond acceptors (Lipinski definition) is 4. The normalized spacial score (nSPS) is 19.4. The topological polar surface area (TPSA) is 87.7 Å². The third-order valence-electron chi connectivity index (χ3n) is 5.42. The fraction of sp³-hybridized carbons (Fsp3) is 0.318. The number of carbonyl (C=O) groups is 3. The minimum Gasteiger partial charge on any atom is -0.496 e. The van der Waals surface area contributed by atoms with Crippen LogP contribution in [0.2, 0.25) is 5.02 Å². The zero-order chi connectivity index (χ0) is 22.1. The number of nitrogens with zero attached hydrogens (tertiary/aromatic N) is 1. The van der Waals surface area contributed by atoms with E-state index in [0.29, 0.717) is 28.4 Å². The smallest absolute Gasteiger partial charge is 0.326 e. The van der Waals surface area contributed by atoms with E-state index in [4.69, 9.17) is 16.3 Å². The Labute approximate surface area is 180 Å². The number of carbonyl (C=O) groups excluding carboxylic acids is 3. The van der Waals surface area contributed by atoms with E-state index in [2.05, 4.69) is 10.6 Å². The molecule has 3 rings (SSSR count). The number of aryl methyl sites for hydroxylation is 1. The number of rotatable bonds is 6. The van der Waals surface area contributed by atoms with Gasteiger partial charge in [0, 0.05) is 10.7 Å². The van der Waals surface area contributed by atoms with Crippen molar-refractivity contribution in [1.29, 1.82) is 0 Å². The van der Waals surface area contributed by atoms with Crippen molar-refractivity contribution < 1.29 is 19.1 Å². The summed E-state index contributed by atoms with van der Waals surface area (Å²) in [5, 5.41) is 6.05. The van der Waals surface area contributed by atoms with Gasteiger partial charge in [-0.25, -0.2) is 9.69 Å². The Balaban J connectivity index is 1.87. The van der Waals surface area contributed by atoms with Crippen LogP contribution in [0.15, 0.2) is 42.5 Å². The highest BCUT2D eigenvalue weighted by Crippen LogP contribution is 2.35. The maximum Gasteiger partial charge on any atom is 0.326 e. The number of anilines is 1. The molecule has 0 spiro atoms. The maximum absolute atomic E-state index is 13.4. The highest BCUT2D eigenvalue weighted by molar-refractivity contribution is 6.30. The van der Waals surface area contributed by atoms with Crippen molar-refractivity contribution >= 4 is 35.1 Å². The molecule has 1 aliphatic heterocycles. The number of ether oxygens (including phenoxy) is 1. The van der Waals surface area contributed by atoms with Crippen molar-refractivity contribution in [3.05, 3.63) is 58.6 Å². The van der Waals surface area contributed by atoms with E-state index in [9.17, 15) is 14.4 Å². The standard InChI is InChI=1S/C22H24ClN3O4/c1-5-22(15-6-11-18(30-4)13(2)12-15)20(28)26(21(29)25-22)14(3)19(27)24-17-9-7-16(23)8-10-17/h6-12,14H,5H2,1-4H3,(H,24,27)(H,25,29). The van der Waals surface area contributed by atoms with Crippen LogP contribution in [0.1, 0.15) is 31.4 Å². The minimum atomic E-state index is -1.23. The van der Waals surface area contributed by atoms with Gasteiger partial charge in [0.1, 0.15) is 17.3 Å². The zero-order valence-electron chi connectivity index (χ0n) is 17.3. The number of halogens is 1. The molecule has 0 saturated carbocycles. The van der Waals surface area contributed by atoms with Gasteiger partial charge in [-0.1, -0.05) is 24.6 Å². The van der Waals surface area contributed by atoms with Gasteiger partial charge in [-0.05, 0) is 67.8 Å². The number of hydrogen-bond donors (Lipinski definition) is 2. The summed E-state index contributed by atoms with van der Waals surface area (Å²) < 4.78 is 5.29. The van der Waals surface area contributed by atoms with E-state index < -0.39 is 29.4 Å². The molecule has 8 heteroatoms. The molecule has 0 radical (unpaired) electrons. The quantitative estimate of drug-likeness (QED) is 0.683. The molecule has 30 heavy (non-hydrogen) atoms. The molecule has 1 fully saturated rings. The fourth-order valence-corrected chi connectivity index (χ4v) is 3.75. The first-order valence-electron chi connectivity index (χ1n) is 9.61. The molecule has 2 N–H and O–H groups in total. The first-order chi connectivity index (χ1) is 14.2. The zero-order valence-corrected chi connectivity index (χ0v) is 18.0. The maximum atomic E-state index is 13.4. The van der Waals surface area contributed by atoms with Crippen LogP contribution < -0.4 is 15.4 Å². The summed E-state index contributed by atoms with van der Waals surface area (Å²) in [7, 11) is 1.57. The third kappa shape index (κ3) is 3.73. The lowest BCUT2D eigenvalue weighted by atomic mass is 9.86. The minimum absolute atomic E-state index is 0.339. The molecule has 0 aromatic heterocycles. The molecule has 0 bridgehead atoms. The van der Waals surface area contributed by atoms with Crippen LogP contribution in [0, 0.1) is 6.92 Å². The third-order valence-corrected chi connectivity index (χ3v) is 5.67. The summed E-state index contributed by atoms with van der Waals surface area (Å²) in [5.74, 6) is -0.244. The first-order valence-corrected chi connectivity index (χ1v) is 9.98. The van der Waals surface area contributed by atoms with Gasteiger partial charge >= 0.3 is 6.03 Å². The number of urea groups is 1. The van der Waals surface area contributed by atoms with Crippen molar-refractivity contribution in [3.63, 3.8) is 0 Å². The van der Waals surface area contributed by atoms with Crippen molar-refractivity contribution in [3.8, 4) is 5.75 Å². The van der Waals surface area contributed by atoms with Crippen molar-refractivity contribution in [2.75, 3.05) is 12.4 Å². The van der Waals surface area contributed by atoms with Gasteiger partial charge in [0.2, 0.25) is 5.91 Å². The summed E-state index contributed by atoms with van der Waals surface area (Å²) in [6.07, 6.45) is 0.339. The van der Waals surface area contributed by atoms with Crippen LogP contribution in [0.4, 0.5) is 10.5 Å². The Kier molecular flexibility index (Phi) is 6.03. The van der Waals surface area contributed by atoms with E-state index in [1.54, 1.807) is 43.5 Å². The number of amides is 4. The average Bonchev–Trinajstić information content (AvgIpc) is 2.99. The Morgan fingerprint density at radius 1 is 1.23 bits per heavy atom. The van der Waals surface area contributed by atoms with Gasteiger partial charge in [0.05, 0.1) is 7.11 Å². The second kappa shape index (κ2) is 8.36. The van der Waals surface area contributed by atoms with Crippen molar-refractivity contribution in [2.24, 2.45) is 0 Å². The van der Waals surface area contributed by atoms with Crippen LogP contribution in [0.25, 0.3) is 0 Å². The van der Waals surface area contributed by atoms with E-state index in [1.807, 2.05) is 19.9 Å². The summed E-state index contributed by atoms with van der Waals surface area (Å²) in [6.45, 7) is 5.21. The van der Waals surface area contributed by atoms with E-state index >= 15 is 0 Å². The van der Waals surface area contributed by atoms with Crippen LogP contribution >= 0.6 is 11.6 Å². The SMILES string of the molecule is CCC1(c2ccc(OC)c(C)c2)NC(=O)N(C(C)C(=O)Nc2ccc(Cl)cc2)C1=O. The molecule has 2 atom stereocenters. The van der Waals surface area contributed by atoms with Crippen LogP contribution in [0.3, 0.4) is 0 Å². The summed E-state index contributed by atoms with van der Waals surface area (Å²) in [6, 6.07) is 10.3. The molecular weight excluding hydrogens is 406 g/mol. The molecule has 158 valence electrons. The van der Waals surface area contributed by atoms with Crippen molar-refractivity contribution in [2.45, 2.75) is 38.8 Å². The second-order valence-corrected chi connectivity index (χ2v) is 7.66. The number of nitrogens with one attached hydrogen (secondary N) is 2. The summed E-state index contributed by atoms with van der Waals surface area (Å²) >= 11 is 5.86. The highest BCUT2D eigenvalue weighted by Gasteiger charge is 2.53. The molecule has 1 aliphatic rings. The molecule has 7 nitrogen and oxygen atoms in total. The Hall–Kier alpha value is -3.06. The Bertz CT molecular complexity index is 992. The summed E-state index contributed by atoms with van der Waals surface area (Å²) in [5.41, 5.74) is 0.783. The molecule has 0 aliphatic carbocycles. The average molecular weight is 430 g/mol. The molecule has 2 aromatic carbocycles. The largest absolute Gasteiger partial charge is 0.496 e.